The summed E-state index contributed by atoms with van der Waals surface area (Å²) in [5.41, 5.74) is 3.81. The van der Waals surface area contributed by atoms with Gasteiger partial charge in [0.2, 0.25) is 0 Å². The first-order chi connectivity index (χ1) is 12.3. The molecule has 1 aromatic heterocycles. The Morgan fingerprint density at radius 2 is 1.81 bits per heavy atom. The number of ketones is 1. The predicted molar refractivity (Wildman–Crippen MR) is 99.8 cm³/mol. The SMILES string of the molecule is CCOC(=O)CCC(=O)c1nc(Cc2c(C)cc(Cl)cc2C)ccc1O. The fourth-order valence-electron chi connectivity index (χ4n) is 2.76. The van der Waals surface area contributed by atoms with Gasteiger partial charge in [0.1, 0.15) is 11.4 Å². The Morgan fingerprint density at radius 3 is 2.42 bits per heavy atom. The second kappa shape index (κ2) is 8.81. The molecule has 5 nitrogen and oxygen atoms in total. The number of rotatable bonds is 7. The number of ether oxygens (including phenoxy) is 1. The van der Waals surface area contributed by atoms with E-state index in [1.54, 1.807) is 13.0 Å². The van der Waals surface area contributed by atoms with Crippen molar-refractivity contribution < 1.29 is 19.4 Å². The number of Topliss-reactive ketones (excluding diaryl/α,β-unsaturated/α-hetero) is 1. The number of hydrogen-bond donors (Lipinski definition) is 1. The Morgan fingerprint density at radius 1 is 1.15 bits per heavy atom. The Kier molecular flexibility index (Phi) is 6.75. The van der Waals surface area contributed by atoms with Gasteiger partial charge in [-0.15, -0.1) is 0 Å². The summed E-state index contributed by atoms with van der Waals surface area (Å²) in [6.45, 7) is 5.92. The molecular weight excluding hydrogens is 354 g/mol. The van der Waals surface area contributed by atoms with Crippen molar-refractivity contribution in [2.75, 3.05) is 6.61 Å². The molecule has 0 unspecified atom stereocenters. The third kappa shape index (κ3) is 5.05. The first-order valence-electron chi connectivity index (χ1n) is 8.45. The molecule has 0 bridgehead atoms. The van der Waals surface area contributed by atoms with Crippen molar-refractivity contribution in [1.29, 1.82) is 0 Å². The lowest BCUT2D eigenvalue weighted by Crippen LogP contribution is -2.10. The molecule has 1 N–H and O–H groups in total. The first kappa shape index (κ1) is 19.9. The van der Waals surface area contributed by atoms with E-state index >= 15 is 0 Å². The van der Waals surface area contributed by atoms with Crippen LogP contribution in [0.5, 0.6) is 5.75 Å². The van der Waals surface area contributed by atoms with Crippen molar-refractivity contribution >= 4 is 23.4 Å². The van der Waals surface area contributed by atoms with Crippen LogP contribution in [-0.4, -0.2) is 28.4 Å². The van der Waals surface area contributed by atoms with Crippen LogP contribution < -0.4 is 0 Å². The zero-order chi connectivity index (χ0) is 19.3. The third-order valence-corrected chi connectivity index (χ3v) is 4.29. The minimum absolute atomic E-state index is 0.0175. The van der Waals surface area contributed by atoms with Gasteiger partial charge < -0.3 is 9.84 Å². The summed E-state index contributed by atoms with van der Waals surface area (Å²) in [6.07, 6.45) is 0.433. The van der Waals surface area contributed by atoms with E-state index < -0.39 is 5.97 Å². The summed E-state index contributed by atoms with van der Waals surface area (Å²) in [4.78, 5) is 28.0. The zero-order valence-electron chi connectivity index (χ0n) is 15.1. The van der Waals surface area contributed by atoms with Gasteiger partial charge in [-0.1, -0.05) is 11.6 Å². The average molecular weight is 376 g/mol. The normalized spacial score (nSPS) is 10.6. The Balaban J connectivity index is 2.19. The fraction of sp³-hybridized carbons (Fsp3) is 0.350. The Bertz CT molecular complexity index is 810. The standard InChI is InChI=1S/C20H22ClNO4/c1-4-26-19(25)8-7-18(24)20-17(23)6-5-15(22-20)11-16-12(2)9-14(21)10-13(16)3/h5-6,9-10,23H,4,7-8,11H2,1-3H3. The molecule has 0 amide bonds. The van der Waals surface area contributed by atoms with Crippen molar-refractivity contribution in [2.45, 2.75) is 40.0 Å². The van der Waals surface area contributed by atoms with E-state index in [1.807, 2.05) is 26.0 Å². The molecule has 2 aromatic rings. The summed E-state index contributed by atoms with van der Waals surface area (Å²) in [5, 5.41) is 10.6. The van der Waals surface area contributed by atoms with Gasteiger partial charge in [0.15, 0.2) is 5.78 Å². The molecule has 138 valence electrons. The van der Waals surface area contributed by atoms with Crippen molar-refractivity contribution in [3.63, 3.8) is 0 Å². The topological polar surface area (TPSA) is 76.5 Å². The van der Waals surface area contributed by atoms with Crippen LogP contribution in [0.2, 0.25) is 5.02 Å². The van der Waals surface area contributed by atoms with E-state index in [0.717, 1.165) is 16.7 Å². The quantitative estimate of drug-likeness (QED) is 0.580. The second-order valence-corrected chi connectivity index (χ2v) is 6.53. The lowest BCUT2D eigenvalue weighted by Gasteiger charge is -2.11. The van der Waals surface area contributed by atoms with Crippen LogP contribution >= 0.6 is 11.6 Å². The maximum absolute atomic E-state index is 12.3. The molecule has 0 spiro atoms. The lowest BCUT2D eigenvalue weighted by atomic mass is 9.98. The van der Waals surface area contributed by atoms with Crippen LogP contribution in [0.4, 0.5) is 0 Å². The number of aromatic nitrogens is 1. The van der Waals surface area contributed by atoms with Gasteiger partial charge in [-0.05, 0) is 61.7 Å². The van der Waals surface area contributed by atoms with E-state index in [1.165, 1.54) is 6.07 Å². The van der Waals surface area contributed by atoms with Crippen molar-refractivity contribution in [2.24, 2.45) is 0 Å². The molecule has 6 heteroatoms. The molecule has 2 rings (SSSR count). The number of nitrogens with zero attached hydrogens (tertiary/aromatic N) is 1. The molecule has 1 aromatic carbocycles. The van der Waals surface area contributed by atoms with Gasteiger partial charge in [0.25, 0.3) is 0 Å². The fourth-order valence-corrected chi connectivity index (χ4v) is 3.09. The van der Waals surface area contributed by atoms with Gasteiger partial charge in [0.05, 0.1) is 13.0 Å². The number of aromatic hydroxyl groups is 1. The zero-order valence-corrected chi connectivity index (χ0v) is 15.9. The number of carbonyl (C=O) groups excluding carboxylic acids is 2. The van der Waals surface area contributed by atoms with E-state index in [9.17, 15) is 14.7 Å². The van der Waals surface area contributed by atoms with Gasteiger partial charge in [-0.2, -0.15) is 0 Å². The number of halogens is 1. The molecule has 0 saturated heterocycles. The highest BCUT2D eigenvalue weighted by molar-refractivity contribution is 6.30. The largest absolute Gasteiger partial charge is 0.506 e. The first-order valence-corrected chi connectivity index (χ1v) is 8.83. The van der Waals surface area contributed by atoms with E-state index in [2.05, 4.69) is 4.98 Å². The molecule has 0 aliphatic heterocycles. The molecule has 26 heavy (non-hydrogen) atoms. The smallest absolute Gasteiger partial charge is 0.306 e. The van der Waals surface area contributed by atoms with Crippen LogP contribution in [0.1, 0.15) is 52.6 Å². The highest BCUT2D eigenvalue weighted by Gasteiger charge is 2.17. The van der Waals surface area contributed by atoms with E-state index in [-0.39, 0.29) is 36.7 Å². The van der Waals surface area contributed by atoms with Crippen LogP contribution in [0.3, 0.4) is 0 Å². The minimum atomic E-state index is -0.441. The summed E-state index contributed by atoms with van der Waals surface area (Å²) in [6, 6.07) is 6.91. The monoisotopic (exact) mass is 375 g/mol. The minimum Gasteiger partial charge on any atom is -0.506 e. The van der Waals surface area contributed by atoms with Crippen molar-refractivity contribution in [3.8, 4) is 5.75 Å². The Hall–Kier alpha value is -2.40. The Labute approximate surface area is 158 Å². The van der Waals surface area contributed by atoms with Crippen molar-refractivity contribution in [1.82, 2.24) is 4.98 Å². The van der Waals surface area contributed by atoms with E-state index in [0.29, 0.717) is 17.1 Å². The number of esters is 1. The summed E-state index contributed by atoms with van der Waals surface area (Å²) in [7, 11) is 0. The number of pyridine rings is 1. The lowest BCUT2D eigenvalue weighted by molar-refractivity contribution is -0.143. The highest BCUT2D eigenvalue weighted by Crippen LogP contribution is 2.24. The molecule has 0 atom stereocenters. The second-order valence-electron chi connectivity index (χ2n) is 6.09. The number of carbonyl (C=O) groups is 2. The average Bonchev–Trinajstić information content (AvgIpc) is 2.57. The van der Waals surface area contributed by atoms with Gasteiger partial charge in [-0.3, -0.25) is 9.59 Å². The van der Waals surface area contributed by atoms with Gasteiger partial charge in [0, 0.05) is 23.6 Å². The maximum atomic E-state index is 12.3. The van der Waals surface area contributed by atoms with Crippen LogP contribution in [0.15, 0.2) is 24.3 Å². The van der Waals surface area contributed by atoms with Gasteiger partial charge >= 0.3 is 5.97 Å². The summed E-state index contributed by atoms with van der Waals surface area (Å²) in [5.74, 6) is -1.02. The van der Waals surface area contributed by atoms with Gasteiger partial charge in [-0.25, -0.2) is 4.98 Å². The summed E-state index contributed by atoms with van der Waals surface area (Å²) >= 11 is 6.06. The molecule has 0 aliphatic carbocycles. The molecule has 0 radical (unpaired) electrons. The number of hydrogen-bond acceptors (Lipinski definition) is 5. The highest BCUT2D eigenvalue weighted by atomic mass is 35.5. The van der Waals surface area contributed by atoms with E-state index in [4.69, 9.17) is 16.3 Å². The van der Waals surface area contributed by atoms with Crippen LogP contribution in [0.25, 0.3) is 0 Å². The molecule has 1 heterocycles. The number of benzene rings is 1. The summed E-state index contributed by atoms with van der Waals surface area (Å²) < 4.78 is 4.81. The molecule has 0 saturated carbocycles. The molecular formula is C20H22ClNO4. The predicted octanol–water partition coefficient (Wildman–Crippen LogP) is 4.17. The van der Waals surface area contributed by atoms with Crippen LogP contribution in [-0.2, 0) is 16.0 Å². The van der Waals surface area contributed by atoms with Crippen molar-refractivity contribution in [3.05, 3.63) is 57.4 Å². The number of aryl methyl sites for hydroxylation is 2. The maximum Gasteiger partial charge on any atom is 0.306 e. The molecule has 0 aliphatic rings. The third-order valence-electron chi connectivity index (χ3n) is 4.08. The van der Waals surface area contributed by atoms with Crippen LogP contribution in [0, 0.1) is 13.8 Å². The molecule has 0 fully saturated rings.